The van der Waals surface area contributed by atoms with E-state index in [9.17, 15) is 4.79 Å². The smallest absolute Gasteiger partial charge is 0.194 e. The first-order valence-electron chi connectivity index (χ1n) is 4.77. The van der Waals surface area contributed by atoms with Gasteiger partial charge in [0.2, 0.25) is 0 Å². The molecule has 76 valence electrons. The maximum atomic E-state index is 9.99. The Hall–Kier alpha value is -0.450. The van der Waals surface area contributed by atoms with Crippen LogP contribution in [0, 0.1) is 0 Å². The molecule has 1 aliphatic heterocycles. The summed E-state index contributed by atoms with van der Waals surface area (Å²) in [4.78, 5) is 19.4. The minimum atomic E-state index is -0.175. The number of hydrogen-bond donors (Lipinski definition) is 0. The van der Waals surface area contributed by atoms with Gasteiger partial charge >= 0.3 is 0 Å². The van der Waals surface area contributed by atoms with Gasteiger partial charge in [-0.1, -0.05) is 12.8 Å². The summed E-state index contributed by atoms with van der Waals surface area (Å²) in [5.74, 6) is 0. The molecule has 0 amide bonds. The fourth-order valence-electron chi connectivity index (χ4n) is 1.26. The second-order valence-electron chi connectivity index (χ2n) is 3.09. The first-order valence-corrected chi connectivity index (χ1v) is 4.77. The molecule has 0 N–H and O–H groups in total. The molecular weight excluding hydrogens is 172 g/mol. The number of hydrogen-bond acceptors (Lipinski definition) is 4. The van der Waals surface area contributed by atoms with E-state index in [0.29, 0.717) is 6.42 Å². The highest BCUT2D eigenvalue weighted by Crippen LogP contribution is 2.14. The first-order chi connectivity index (χ1) is 6.43. The Morgan fingerprint density at radius 1 is 1.23 bits per heavy atom. The molecule has 0 aromatic heterocycles. The van der Waals surface area contributed by atoms with E-state index in [4.69, 9.17) is 9.62 Å². The highest BCUT2D eigenvalue weighted by molar-refractivity contribution is 5.48. The van der Waals surface area contributed by atoms with Crippen LogP contribution in [0.3, 0.4) is 0 Å². The van der Waals surface area contributed by atoms with Crippen LogP contribution in [0.25, 0.3) is 0 Å². The third-order valence-corrected chi connectivity index (χ3v) is 1.99. The van der Waals surface area contributed by atoms with Gasteiger partial charge in [0.1, 0.15) is 6.29 Å². The minimum absolute atomic E-state index is 0.175. The Morgan fingerprint density at radius 3 is 2.77 bits per heavy atom. The zero-order chi connectivity index (χ0) is 9.36. The molecule has 1 unspecified atom stereocenters. The number of carbonyl (C=O) groups is 1. The van der Waals surface area contributed by atoms with E-state index in [1.165, 1.54) is 0 Å². The topological polar surface area (TPSA) is 44.8 Å². The summed E-state index contributed by atoms with van der Waals surface area (Å²) in [6, 6.07) is 0. The summed E-state index contributed by atoms with van der Waals surface area (Å²) in [6.45, 7) is 0.246. The SMILES string of the molecule is O=CCCCCCCC1OCOO1. The Balaban J connectivity index is 1.80. The standard InChI is InChI=1S/C9H16O4/c10-7-5-3-1-2-4-6-9-11-8-12-13-9/h7,9H,1-6,8H2. The molecule has 1 fully saturated rings. The van der Waals surface area contributed by atoms with Gasteiger partial charge in [-0.25, -0.2) is 9.78 Å². The number of unbranched alkanes of at least 4 members (excludes halogenated alkanes) is 4. The van der Waals surface area contributed by atoms with Crippen molar-refractivity contribution in [3.8, 4) is 0 Å². The molecule has 4 nitrogen and oxygen atoms in total. The molecule has 1 atom stereocenters. The summed E-state index contributed by atoms with van der Waals surface area (Å²) in [7, 11) is 0. The Bertz CT molecular complexity index is 132. The molecule has 4 heteroatoms. The van der Waals surface area contributed by atoms with Crippen molar-refractivity contribution in [2.24, 2.45) is 0 Å². The normalized spacial score (nSPS) is 22.0. The van der Waals surface area contributed by atoms with Gasteiger partial charge in [0.15, 0.2) is 13.1 Å². The van der Waals surface area contributed by atoms with Crippen LogP contribution in [0.1, 0.15) is 38.5 Å². The zero-order valence-electron chi connectivity index (χ0n) is 7.74. The molecule has 13 heavy (non-hydrogen) atoms. The second-order valence-corrected chi connectivity index (χ2v) is 3.09. The van der Waals surface area contributed by atoms with Gasteiger partial charge in [0.05, 0.1) is 0 Å². The molecule has 0 aromatic carbocycles. The fraction of sp³-hybridized carbons (Fsp3) is 0.889. The Morgan fingerprint density at radius 2 is 2.08 bits per heavy atom. The fourth-order valence-corrected chi connectivity index (χ4v) is 1.26. The molecule has 0 aliphatic carbocycles. The molecule has 1 rings (SSSR count). The summed E-state index contributed by atoms with van der Waals surface area (Å²) in [5, 5.41) is 0. The van der Waals surface area contributed by atoms with Crippen molar-refractivity contribution in [1.82, 2.24) is 0 Å². The van der Waals surface area contributed by atoms with Crippen molar-refractivity contribution in [2.45, 2.75) is 44.8 Å². The molecule has 0 bridgehead atoms. The van der Waals surface area contributed by atoms with Crippen molar-refractivity contribution < 1.29 is 19.3 Å². The molecule has 1 saturated heterocycles. The summed E-state index contributed by atoms with van der Waals surface area (Å²) in [5.41, 5.74) is 0. The maximum absolute atomic E-state index is 9.99. The van der Waals surface area contributed by atoms with Gasteiger partial charge in [-0.15, -0.1) is 0 Å². The van der Waals surface area contributed by atoms with E-state index < -0.39 is 0 Å². The van der Waals surface area contributed by atoms with Gasteiger partial charge in [-0.3, -0.25) is 0 Å². The third-order valence-electron chi connectivity index (χ3n) is 1.99. The lowest BCUT2D eigenvalue weighted by molar-refractivity contribution is -0.278. The van der Waals surface area contributed by atoms with Crippen molar-refractivity contribution in [2.75, 3.05) is 6.79 Å². The van der Waals surface area contributed by atoms with E-state index in [1.54, 1.807) is 0 Å². The summed E-state index contributed by atoms with van der Waals surface area (Å²) < 4.78 is 5.08. The van der Waals surface area contributed by atoms with E-state index in [-0.39, 0.29) is 13.1 Å². The lowest BCUT2D eigenvalue weighted by Gasteiger charge is -2.04. The van der Waals surface area contributed by atoms with Crippen LogP contribution < -0.4 is 0 Å². The van der Waals surface area contributed by atoms with E-state index in [2.05, 4.69) is 4.89 Å². The quantitative estimate of drug-likeness (QED) is 0.347. The van der Waals surface area contributed by atoms with Gasteiger partial charge < -0.3 is 9.53 Å². The van der Waals surface area contributed by atoms with Crippen LogP contribution in [-0.4, -0.2) is 19.4 Å². The Labute approximate surface area is 78.1 Å². The Kier molecular flexibility index (Phi) is 5.73. The third kappa shape index (κ3) is 4.98. The number of carbonyl (C=O) groups excluding carboxylic acids is 1. The number of rotatable bonds is 7. The molecular formula is C9H16O4. The zero-order valence-corrected chi connectivity index (χ0v) is 7.74. The summed E-state index contributed by atoms with van der Waals surface area (Å²) >= 11 is 0. The summed E-state index contributed by atoms with van der Waals surface area (Å²) in [6.07, 6.45) is 6.63. The number of ether oxygens (including phenoxy) is 1. The van der Waals surface area contributed by atoms with Crippen LogP contribution in [0.4, 0.5) is 0 Å². The second kappa shape index (κ2) is 7.00. The lowest BCUT2D eigenvalue weighted by atomic mass is 10.1. The molecule has 0 aromatic rings. The highest BCUT2D eigenvalue weighted by atomic mass is 17.3. The average Bonchev–Trinajstić information content (AvgIpc) is 2.63. The van der Waals surface area contributed by atoms with Crippen LogP contribution >= 0.6 is 0 Å². The molecule has 0 spiro atoms. The van der Waals surface area contributed by atoms with Crippen molar-refractivity contribution in [3.63, 3.8) is 0 Å². The van der Waals surface area contributed by atoms with E-state index in [0.717, 1.165) is 38.4 Å². The predicted octanol–water partition coefficient (Wildman–Crippen LogP) is 1.79. The number of aldehydes is 1. The van der Waals surface area contributed by atoms with E-state index >= 15 is 0 Å². The van der Waals surface area contributed by atoms with Crippen LogP contribution in [0.2, 0.25) is 0 Å². The van der Waals surface area contributed by atoms with E-state index in [1.807, 2.05) is 0 Å². The lowest BCUT2D eigenvalue weighted by Crippen LogP contribution is -2.06. The van der Waals surface area contributed by atoms with Crippen molar-refractivity contribution >= 4 is 6.29 Å². The van der Waals surface area contributed by atoms with Gasteiger partial charge in [0, 0.05) is 12.8 Å². The largest absolute Gasteiger partial charge is 0.320 e. The maximum Gasteiger partial charge on any atom is 0.194 e. The molecule has 0 saturated carbocycles. The van der Waals surface area contributed by atoms with Crippen molar-refractivity contribution in [3.05, 3.63) is 0 Å². The van der Waals surface area contributed by atoms with Crippen LogP contribution in [0.15, 0.2) is 0 Å². The van der Waals surface area contributed by atoms with Crippen LogP contribution in [0.5, 0.6) is 0 Å². The van der Waals surface area contributed by atoms with Gasteiger partial charge in [0.25, 0.3) is 0 Å². The molecule has 1 heterocycles. The monoisotopic (exact) mass is 188 g/mol. The molecule has 0 radical (unpaired) electrons. The van der Waals surface area contributed by atoms with Crippen molar-refractivity contribution in [1.29, 1.82) is 0 Å². The molecule has 1 aliphatic rings. The first kappa shape index (κ1) is 10.6. The predicted molar refractivity (Wildman–Crippen MR) is 45.7 cm³/mol. The van der Waals surface area contributed by atoms with Crippen LogP contribution in [-0.2, 0) is 19.3 Å². The van der Waals surface area contributed by atoms with Gasteiger partial charge in [-0.2, -0.15) is 0 Å². The minimum Gasteiger partial charge on any atom is -0.320 e. The average molecular weight is 188 g/mol. The van der Waals surface area contributed by atoms with Gasteiger partial charge in [-0.05, 0) is 12.8 Å². The highest BCUT2D eigenvalue weighted by Gasteiger charge is 2.16.